The number of hydrogen-bond acceptors (Lipinski definition) is 4. The summed E-state index contributed by atoms with van der Waals surface area (Å²) in [6.45, 7) is 0.707. The smallest absolute Gasteiger partial charge is 0.315 e. The van der Waals surface area contributed by atoms with E-state index in [9.17, 15) is 9.59 Å². The molecule has 0 amide bonds. The SMILES string of the molecule is O=C1CCOCCC(=O)O1. The first-order valence-corrected chi connectivity index (χ1v) is 3.10. The van der Waals surface area contributed by atoms with E-state index < -0.39 is 11.9 Å². The van der Waals surface area contributed by atoms with E-state index in [1.165, 1.54) is 0 Å². The molecule has 0 atom stereocenters. The zero-order chi connectivity index (χ0) is 7.40. The maximum atomic E-state index is 10.5. The van der Waals surface area contributed by atoms with Gasteiger partial charge in [-0.25, -0.2) is 0 Å². The Balaban J connectivity index is 2.40. The highest BCUT2D eigenvalue weighted by atomic mass is 16.6. The average Bonchev–Trinajstić information content (AvgIpc) is 1.83. The van der Waals surface area contributed by atoms with Crippen molar-refractivity contribution in [3.63, 3.8) is 0 Å². The number of carbonyl (C=O) groups is 2. The van der Waals surface area contributed by atoms with Crippen molar-refractivity contribution >= 4 is 11.9 Å². The van der Waals surface area contributed by atoms with Crippen molar-refractivity contribution < 1.29 is 19.1 Å². The van der Waals surface area contributed by atoms with Crippen LogP contribution in [0.4, 0.5) is 0 Å². The Morgan fingerprint density at radius 1 is 1.00 bits per heavy atom. The molecular formula is C6H8O4. The molecule has 0 spiro atoms. The first-order chi connectivity index (χ1) is 4.79. The molecule has 1 fully saturated rings. The van der Waals surface area contributed by atoms with Gasteiger partial charge in [-0.2, -0.15) is 0 Å². The summed E-state index contributed by atoms with van der Waals surface area (Å²) in [6.07, 6.45) is 0.345. The Morgan fingerprint density at radius 3 is 2.00 bits per heavy atom. The van der Waals surface area contributed by atoms with E-state index in [0.29, 0.717) is 13.2 Å². The normalized spacial score (nSPS) is 21.2. The minimum absolute atomic E-state index is 0.172. The lowest BCUT2D eigenvalue weighted by molar-refractivity contribution is -0.163. The summed E-state index contributed by atoms with van der Waals surface area (Å²) in [5.74, 6) is -0.991. The van der Waals surface area contributed by atoms with Gasteiger partial charge in [0.1, 0.15) is 0 Å². The van der Waals surface area contributed by atoms with Crippen LogP contribution in [-0.4, -0.2) is 25.2 Å². The fourth-order valence-electron chi connectivity index (χ4n) is 0.642. The predicted molar refractivity (Wildman–Crippen MR) is 31.2 cm³/mol. The molecule has 56 valence electrons. The van der Waals surface area contributed by atoms with Crippen molar-refractivity contribution in [3.8, 4) is 0 Å². The van der Waals surface area contributed by atoms with E-state index in [1.54, 1.807) is 0 Å². The van der Waals surface area contributed by atoms with Crippen LogP contribution in [0.5, 0.6) is 0 Å². The van der Waals surface area contributed by atoms with E-state index in [-0.39, 0.29) is 12.8 Å². The fourth-order valence-corrected chi connectivity index (χ4v) is 0.642. The quantitative estimate of drug-likeness (QED) is 0.351. The second kappa shape index (κ2) is 3.31. The summed E-state index contributed by atoms with van der Waals surface area (Å²) >= 11 is 0. The molecule has 1 aliphatic heterocycles. The maximum Gasteiger partial charge on any atom is 0.315 e. The summed E-state index contributed by atoms with van der Waals surface area (Å²) in [7, 11) is 0. The highest BCUT2D eigenvalue weighted by Crippen LogP contribution is 1.97. The Kier molecular flexibility index (Phi) is 2.39. The van der Waals surface area contributed by atoms with Gasteiger partial charge in [0.15, 0.2) is 0 Å². The monoisotopic (exact) mass is 144 g/mol. The van der Waals surface area contributed by atoms with Gasteiger partial charge in [0, 0.05) is 0 Å². The number of carbonyl (C=O) groups excluding carboxylic acids is 2. The van der Waals surface area contributed by atoms with Crippen LogP contribution in [0.1, 0.15) is 12.8 Å². The number of cyclic esters (lactones) is 2. The van der Waals surface area contributed by atoms with Crippen LogP contribution in [0.3, 0.4) is 0 Å². The van der Waals surface area contributed by atoms with Crippen molar-refractivity contribution in [2.45, 2.75) is 12.8 Å². The molecule has 0 bridgehead atoms. The van der Waals surface area contributed by atoms with Crippen LogP contribution in [0.2, 0.25) is 0 Å². The number of hydrogen-bond donors (Lipinski definition) is 0. The third kappa shape index (κ3) is 2.14. The van der Waals surface area contributed by atoms with Crippen molar-refractivity contribution in [3.05, 3.63) is 0 Å². The van der Waals surface area contributed by atoms with E-state index in [2.05, 4.69) is 4.74 Å². The number of rotatable bonds is 0. The van der Waals surface area contributed by atoms with Gasteiger partial charge in [0.25, 0.3) is 0 Å². The van der Waals surface area contributed by atoms with E-state index >= 15 is 0 Å². The standard InChI is InChI=1S/C6H8O4/c7-5-1-3-9-4-2-6(8)10-5/h1-4H2. The van der Waals surface area contributed by atoms with E-state index in [0.717, 1.165) is 0 Å². The van der Waals surface area contributed by atoms with E-state index in [4.69, 9.17) is 4.74 Å². The van der Waals surface area contributed by atoms with Crippen molar-refractivity contribution in [1.82, 2.24) is 0 Å². The summed E-state index contributed by atoms with van der Waals surface area (Å²) in [5, 5.41) is 0. The zero-order valence-electron chi connectivity index (χ0n) is 5.46. The van der Waals surface area contributed by atoms with Crippen molar-refractivity contribution in [2.75, 3.05) is 13.2 Å². The number of esters is 2. The maximum absolute atomic E-state index is 10.5. The molecule has 4 nitrogen and oxygen atoms in total. The van der Waals surface area contributed by atoms with Crippen LogP contribution in [0.15, 0.2) is 0 Å². The van der Waals surface area contributed by atoms with Crippen LogP contribution in [-0.2, 0) is 19.1 Å². The van der Waals surface area contributed by atoms with Crippen LogP contribution < -0.4 is 0 Å². The fraction of sp³-hybridized carbons (Fsp3) is 0.667. The lowest BCUT2D eigenvalue weighted by Crippen LogP contribution is -2.19. The van der Waals surface area contributed by atoms with Gasteiger partial charge >= 0.3 is 11.9 Å². The molecule has 0 aromatic carbocycles. The molecule has 1 heterocycles. The lowest BCUT2D eigenvalue weighted by Gasteiger charge is -2.07. The molecule has 0 N–H and O–H groups in total. The average molecular weight is 144 g/mol. The van der Waals surface area contributed by atoms with Gasteiger partial charge in [-0.1, -0.05) is 0 Å². The zero-order valence-corrected chi connectivity index (χ0v) is 5.46. The summed E-state index contributed by atoms with van der Waals surface area (Å²) in [5.41, 5.74) is 0. The van der Waals surface area contributed by atoms with Crippen molar-refractivity contribution in [2.24, 2.45) is 0 Å². The first kappa shape index (κ1) is 7.21. The molecule has 1 saturated heterocycles. The second-order valence-electron chi connectivity index (χ2n) is 1.96. The highest BCUT2D eigenvalue weighted by Gasteiger charge is 2.12. The molecule has 0 aromatic heterocycles. The minimum Gasteiger partial charge on any atom is -0.393 e. The van der Waals surface area contributed by atoms with Crippen LogP contribution >= 0.6 is 0 Å². The first-order valence-electron chi connectivity index (χ1n) is 3.10. The Morgan fingerprint density at radius 2 is 1.50 bits per heavy atom. The molecule has 0 aliphatic carbocycles. The van der Waals surface area contributed by atoms with Crippen LogP contribution in [0.25, 0.3) is 0 Å². The molecule has 0 saturated carbocycles. The minimum atomic E-state index is -0.496. The lowest BCUT2D eigenvalue weighted by atomic mass is 10.4. The molecule has 10 heavy (non-hydrogen) atoms. The topological polar surface area (TPSA) is 52.6 Å². The summed E-state index contributed by atoms with van der Waals surface area (Å²) < 4.78 is 9.23. The Labute approximate surface area is 58.1 Å². The Bertz CT molecular complexity index is 136. The number of ether oxygens (including phenoxy) is 2. The van der Waals surface area contributed by atoms with Gasteiger partial charge < -0.3 is 9.47 Å². The molecular weight excluding hydrogens is 136 g/mol. The van der Waals surface area contributed by atoms with E-state index in [1.807, 2.05) is 0 Å². The largest absolute Gasteiger partial charge is 0.393 e. The molecule has 0 radical (unpaired) electrons. The molecule has 1 rings (SSSR count). The summed E-state index contributed by atoms with van der Waals surface area (Å²) in [4.78, 5) is 21.0. The molecule has 0 aromatic rings. The van der Waals surface area contributed by atoms with Gasteiger partial charge in [0.05, 0.1) is 26.1 Å². The third-order valence-corrected chi connectivity index (χ3v) is 1.13. The Hall–Kier alpha value is -0.900. The third-order valence-electron chi connectivity index (χ3n) is 1.13. The molecule has 0 unspecified atom stereocenters. The summed E-state index contributed by atoms with van der Waals surface area (Å²) in [6, 6.07) is 0. The van der Waals surface area contributed by atoms with Gasteiger partial charge in [-0.05, 0) is 0 Å². The predicted octanol–water partition coefficient (Wildman–Crippen LogP) is -0.133. The second-order valence-corrected chi connectivity index (χ2v) is 1.96. The molecule has 4 heteroatoms. The van der Waals surface area contributed by atoms with Crippen molar-refractivity contribution in [1.29, 1.82) is 0 Å². The molecule has 1 aliphatic rings. The van der Waals surface area contributed by atoms with Gasteiger partial charge in [-0.15, -0.1) is 0 Å². The van der Waals surface area contributed by atoms with Gasteiger partial charge in [0.2, 0.25) is 0 Å². The van der Waals surface area contributed by atoms with Gasteiger partial charge in [-0.3, -0.25) is 9.59 Å². The van der Waals surface area contributed by atoms with Crippen LogP contribution in [0, 0.1) is 0 Å². The highest BCUT2D eigenvalue weighted by molar-refractivity contribution is 5.85.